The summed E-state index contributed by atoms with van der Waals surface area (Å²) in [7, 11) is 0. The second-order valence-corrected chi connectivity index (χ2v) is 4.94. The van der Waals surface area contributed by atoms with E-state index in [4.69, 9.17) is 16.3 Å². The minimum absolute atomic E-state index is 0.0190. The molecule has 2 unspecified atom stereocenters. The van der Waals surface area contributed by atoms with Crippen LogP contribution < -0.4 is 5.32 Å². The fourth-order valence-electron chi connectivity index (χ4n) is 1.75. The fourth-order valence-corrected chi connectivity index (χ4v) is 1.92. The average Bonchev–Trinajstić information content (AvgIpc) is 2.50. The number of carbonyl (C=O) groups excluding carboxylic acids is 2. The second-order valence-electron chi connectivity index (χ2n) is 4.67. The van der Waals surface area contributed by atoms with Crippen LogP contribution in [0.25, 0.3) is 0 Å². The third-order valence-electron chi connectivity index (χ3n) is 3.18. The van der Waals surface area contributed by atoms with Gasteiger partial charge in [0.1, 0.15) is 6.61 Å². The Morgan fingerprint density at radius 1 is 1.30 bits per heavy atom. The zero-order valence-electron chi connectivity index (χ0n) is 11.8. The van der Waals surface area contributed by atoms with E-state index in [-0.39, 0.29) is 24.2 Å². The molecule has 1 rings (SSSR count). The zero-order chi connectivity index (χ0) is 15.0. The number of amides is 1. The topological polar surface area (TPSA) is 55.4 Å². The Labute approximate surface area is 124 Å². The van der Waals surface area contributed by atoms with Gasteiger partial charge in [0, 0.05) is 0 Å². The summed E-state index contributed by atoms with van der Waals surface area (Å²) in [5.74, 6) is -0.295. The third kappa shape index (κ3) is 5.21. The molecule has 0 aliphatic rings. The van der Waals surface area contributed by atoms with Gasteiger partial charge in [-0.25, -0.2) is 4.79 Å². The number of hydrogen-bond donors (Lipinski definition) is 1. The van der Waals surface area contributed by atoms with Crippen molar-refractivity contribution < 1.29 is 14.3 Å². The van der Waals surface area contributed by atoms with Crippen molar-refractivity contribution in [1.82, 2.24) is 5.32 Å². The van der Waals surface area contributed by atoms with Gasteiger partial charge in [0.2, 0.25) is 0 Å². The summed E-state index contributed by atoms with van der Waals surface area (Å²) in [4.78, 5) is 23.5. The lowest BCUT2D eigenvalue weighted by molar-refractivity contribution is -0.119. The molecule has 1 aromatic carbocycles. The second kappa shape index (κ2) is 8.59. The summed E-state index contributed by atoms with van der Waals surface area (Å²) in [6.07, 6.45) is 0.171. The van der Waals surface area contributed by atoms with Crippen molar-refractivity contribution in [2.75, 3.05) is 5.88 Å². The highest BCUT2D eigenvalue weighted by molar-refractivity contribution is 6.28. The van der Waals surface area contributed by atoms with Crippen molar-refractivity contribution in [1.29, 1.82) is 0 Å². The third-order valence-corrected chi connectivity index (χ3v) is 3.44. The summed E-state index contributed by atoms with van der Waals surface area (Å²) in [6.45, 7) is 4.03. The normalized spacial score (nSPS) is 13.3. The van der Waals surface area contributed by atoms with E-state index in [0.29, 0.717) is 0 Å². The molecule has 0 aromatic heterocycles. The molecule has 0 aliphatic carbocycles. The van der Waals surface area contributed by atoms with Gasteiger partial charge in [-0.3, -0.25) is 4.79 Å². The predicted octanol–water partition coefficient (Wildman–Crippen LogP) is 3.14. The van der Waals surface area contributed by atoms with Gasteiger partial charge in [-0.2, -0.15) is 0 Å². The molecule has 20 heavy (non-hydrogen) atoms. The Morgan fingerprint density at radius 3 is 2.50 bits per heavy atom. The summed E-state index contributed by atoms with van der Waals surface area (Å²) < 4.78 is 5.10. The molecule has 4 nitrogen and oxygen atoms in total. The van der Waals surface area contributed by atoms with Crippen LogP contribution in [0.4, 0.5) is 4.79 Å². The van der Waals surface area contributed by atoms with Crippen LogP contribution in [0.5, 0.6) is 0 Å². The van der Waals surface area contributed by atoms with E-state index in [9.17, 15) is 9.59 Å². The number of hydrogen-bond acceptors (Lipinski definition) is 3. The maximum atomic E-state index is 11.7. The summed E-state index contributed by atoms with van der Waals surface area (Å²) in [5.41, 5.74) is 0.895. The van der Waals surface area contributed by atoms with Gasteiger partial charge in [-0.1, -0.05) is 50.6 Å². The Morgan fingerprint density at radius 2 is 1.95 bits per heavy atom. The minimum atomic E-state index is -0.599. The molecule has 0 saturated carbocycles. The largest absolute Gasteiger partial charge is 0.445 e. The molecule has 1 amide bonds. The minimum Gasteiger partial charge on any atom is -0.445 e. The molecule has 0 aliphatic heterocycles. The molecule has 2 atom stereocenters. The molecular formula is C15H20ClNO3. The van der Waals surface area contributed by atoms with Crippen molar-refractivity contribution in [2.24, 2.45) is 5.92 Å². The smallest absolute Gasteiger partial charge is 0.408 e. The SMILES string of the molecule is CCC(C)C(NC(=O)OCc1ccccc1)C(=O)CCl. The van der Waals surface area contributed by atoms with Crippen molar-refractivity contribution in [3.8, 4) is 0 Å². The highest BCUT2D eigenvalue weighted by Gasteiger charge is 2.25. The molecule has 0 bridgehead atoms. The van der Waals surface area contributed by atoms with E-state index >= 15 is 0 Å². The molecular weight excluding hydrogens is 278 g/mol. The zero-order valence-corrected chi connectivity index (χ0v) is 12.5. The number of alkyl halides is 1. The van der Waals surface area contributed by atoms with Crippen LogP contribution in [-0.2, 0) is 16.1 Å². The molecule has 1 N–H and O–H groups in total. The van der Waals surface area contributed by atoms with E-state index in [0.717, 1.165) is 12.0 Å². The maximum Gasteiger partial charge on any atom is 0.408 e. The van der Waals surface area contributed by atoms with E-state index in [2.05, 4.69) is 5.32 Å². The van der Waals surface area contributed by atoms with Gasteiger partial charge in [0.15, 0.2) is 5.78 Å². The van der Waals surface area contributed by atoms with Crippen molar-refractivity contribution in [3.63, 3.8) is 0 Å². The standard InChI is InChI=1S/C15H20ClNO3/c1-3-11(2)14(13(18)9-16)17-15(19)20-10-12-7-5-4-6-8-12/h4-8,11,14H,3,9-10H2,1-2H3,(H,17,19). The number of nitrogens with one attached hydrogen (secondary N) is 1. The fraction of sp³-hybridized carbons (Fsp3) is 0.467. The average molecular weight is 298 g/mol. The highest BCUT2D eigenvalue weighted by atomic mass is 35.5. The molecule has 1 aromatic rings. The molecule has 0 heterocycles. The number of alkyl carbamates (subject to hydrolysis) is 1. The van der Waals surface area contributed by atoms with Gasteiger partial charge in [-0.05, 0) is 11.5 Å². The van der Waals surface area contributed by atoms with Crippen LogP contribution in [-0.4, -0.2) is 23.8 Å². The Hall–Kier alpha value is -1.55. The monoisotopic (exact) mass is 297 g/mol. The number of ketones is 1. The number of ether oxygens (including phenoxy) is 1. The number of halogens is 1. The lowest BCUT2D eigenvalue weighted by Gasteiger charge is -2.21. The van der Waals surface area contributed by atoms with Crippen LogP contribution in [0, 0.1) is 5.92 Å². The van der Waals surface area contributed by atoms with Gasteiger partial charge in [0.05, 0.1) is 11.9 Å². The molecule has 0 fully saturated rings. The first kappa shape index (κ1) is 16.5. The van der Waals surface area contributed by atoms with Gasteiger partial charge in [-0.15, -0.1) is 11.6 Å². The first-order valence-corrected chi connectivity index (χ1v) is 7.17. The Bertz CT molecular complexity index is 436. The van der Waals surface area contributed by atoms with Crippen LogP contribution >= 0.6 is 11.6 Å². The van der Waals surface area contributed by atoms with Crippen molar-refractivity contribution in [2.45, 2.75) is 32.9 Å². The number of Topliss-reactive ketones (excluding diaryl/α,β-unsaturated/α-hetero) is 1. The van der Waals surface area contributed by atoms with E-state index < -0.39 is 12.1 Å². The quantitative estimate of drug-likeness (QED) is 0.787. The van der Waals surface area contributed by atoms with E-state index in [1.165, 1.54) is 0 Å². The van der Waals surface area contributed by atoms with Crippen LogP contribution in [0.1, 0.15) is 25.8 Å². The maximum absolute atomic E-state index is 11.7. The Kier molecular flexibility index (Phi) is 7.09. The summed E-state index contributed by atoms with van der Waals surface area (Å²) in [5, 5.41) is 2.59. The molecule has 0 saturated heterocycles. The van der Waals surface area contributed by atoms with Gasteiger partial charge >= 0.3 is 6.09 Å². The molecule has 110 valence electrons. The lowest BCUT2D eigenvalue weighted by atomic mass is 9.96. The van der Waals surface area contributed by atoms with Crippen molar-refractivity contribution in [3.05, 3.63) is 35.9 Å². The molecule has 0 radical (unpaired) electrons. The number of benzene rings is 1. The van der Waals surface area contributed by atoms with Crippen LogP contribution in [0.3, 0.4) is 0 Å². The first-order valence-electron chi connectivity index (χ1n) is 6.64. The first-order chi connectivity index (χ1) is 9.58. The molecule has 5 heteroatoms. The predicted molar refractivity (Wildman–Crippen MR) is 78.7 cm³/mol. The summed E-state index contributed by atoms with van der Waals surface area (Å²) in [6, 6.07) is 8.76. The van der Waals surface area contributed by atoms with Crippen molar-refractivity contribution >= 4 is 23.5 Å². The van der Waals surface area contributed by atoms with E-state index in [1.54, 1.807) is 0 Å². The van der Waals surface area contributed by atoms with Crippen LogP contribution in [0.15, 0.2) is 30.3 Å². The number of rotatable bonds is 7. The lowest BCUT2D eigenvalue weighted by Crippen LogP contribution is -2.45. The van der Waals surface area contributed by atoms with Gasteiger partial charge in [0.25, 0.3) is 0 Å². The Balaban J connectivity index is 2.51. The van der Waals surface area contributed by atoms with Crippen LogP contribution in [0.2, 0.25) is 0 Å². The molecule has 0 spiro atoms. The van der Waals surface area contributed by atoms with E-state index in [1.807, 2.05) is 44.2 Å². The van der Waals surface area contributed by atoms with Gasteiger partial charge < -0.3 is 10.1 Å². The summed E-state index contributed by atoms with van der Waals surface area (Å²) >= 11 is 5.56. The number of carbonyl (C=O) groups is 2. The highest BCUT2D eigenvalue weighted by Crippen LogP contribution is 2.10.